The van der Waals surface area contributed by atoms with Crippen LogP contribution in [0.5, 0.6) is 0 Å². The lowest BCUT2D eigenvalue weighted by Gasteiger charge is -2.22. The third-order valence-corrected chi connectivity index (χ3v) is 3.14. The maximum absolute atomic E-state index is 11.7. The van der Waals surface area contributed by atoms with E-state index in [1.807, 2.05) is 14.1 Å². The Kier molecular flexibility index (Phi) is 4.74. The largest absolute Gasteiger partial charge is 0.481 e. The molecule has 1 rings (SSSR count). The molecule has 0 radical (unpaired) electrons. The van der Waals surface area contributed by atoms with Gasteiger partial charge in [0.25, 0.3) is 0 Å². The number of urea groups is 1. The van der Waals surface area contributed by atoms with Gasteiger partial charge in [0.1, 0.15) is 0 Å². The number of rotatable bonds is 4. The van der Waals surface area contributed by atoms with Gasteiger partial charge in [-0.25, -0.2) is 4.79 Å². The molecule has 0 bridgehead atoms. The summed E-state index contributed by atoms with van der Waals surface area (Å²) in [5.41, 5.74) is 0. The molecule has 17 heavy (non-hydrogen) atoms. The third-order valence-electron chi connectivity index (χ3n) is 3.14. The zero-order chi connectivity index (χ0) is 13.0. The van der Waals surface area contributed by atoms with Gasteiger partial charge in [0.05, 0.1) is 6.42 Å². The van der Waals surface area contributed by atoms with Gasteiger partial charge < -0.3 is 20.2 Å². The van der Waals surface area contributed by atoms with E-state index in [1.165, 1.54) is 0 Å². The van der Waals surface area contributed by atoms with Crippen molar-refractivity contribution in [3.8, 4) is 0 Å². The number of hydrogen-bond donors (Lipinski definition) is 2. The van der Waals surface area contributed by atoms with Crippen molar-refractivity contribution in [1.82, 2.24) is 15.1 Å². The van der Waals surface area contributed by atoms with Crippen LogP contribution in [0.4, 0.5) is 4.79 Å². The summed E-state index contributed by atoms with van der Waals surface area (Å²) in [6.07, 6.45) is -0.0355. The Morgan fingerprint density at radius 2 is 2.06 bits per heavy atom. The molecule has 2 N–H and O–H groups in total. The Hall–Kier alpha value is -1.30. The molecule has 0 aromatic heterocycles. The van der Waals surface area contributed by atoms with E-state index in [0.29, 0.717) is 18.5 Å². The van der Waals surface area contributed by atoms with Gasteiger partial charge in [-0.2, -0.15) is 0 Å². The van der Waals surface area contributed by atoms with Gasteiger partial charge in [-0.15, -0.1) is 0 Å². The first-order valence-electron chi connectivity index (χ1n) is 5.82. The number of amides is 2. The topological polar surface area (TPSA) is 72.9 Å². The van der Waals surface area contributed by atoms with Gasteiger partial charge in [0.2, 0.25) is 0 Å². The van der Waals surface area contributed by atoms with Gasteiger partial charge >= 0.3 is 12.0 Å². The molecule has 1 saturated heterocycles. The lowest BCUT2D eigenvalue weighted by molar-refractivity contribution is -0.136. The van der Waals surface area contributed by atoms with E-state index in [0.717, 1.165) is 6.54 Å². The zero-order valence-electron chi connectivity index (χ0n) is 10.6. The van der Waals surface area contributed by atoms with Crippen LogP contribution >= 0.6 is 0 Å². The quantitative estimate of drug-likeness (QED) is 0.732. The highest BCUT2D eigenvalue weighted by Crippen LogP contribution is 2.19. The number of carboxylic acids is 1. The molecule has 0 saturated carbocycles. The van der Waals surface area contributed by atoms with Gasteiger partial charge in [-0.1, -0.05) is 6.92 Å². The fourth-order valence-corrected chi connectivity index (χ4v) is 2.18. The first-order chi connectivity index (χ1) is 7.91. The number of aliphatic carboxylic acids is 1. The predicted octanol–water partition coefficient (Wildman–Crippen LogP) is 0.0526. The Morgan fingerprint density at radius 1 is 1.41 bits per heavy atom. The van der Waals surface area contributed by atoms with Crippen molar-refractivity contribution < 1.29 is 14.7 Å². The van der Waals surface area contributed by atoms with Crippen LogP contribution in [0.15, 0.2) is 0 Å². The van der Waals surface area contributed by atoms with Crippen LogP contribution in [-0.4, -0.2) is 66.7 Å². The number of nitrogens with zero attached hydrogens (tertiary/aromatic N) is 2. The van der Waals surface area contributed by atoms with Crippen molar-refractivity contribution >= 4 is 12.0 Å². The minimum Gasteiger partial charge on any atom is -0.481 e. The zero-order valence-corrected chi connectivity index (χ0v) is 10.6. The highest BCUT2D eigenvalue weighted by Gasteiger charge is 2.33. The highest BCUT2D eigenvalue weighted by atomic mass is 16.4. The Labute approximate surface area is 102 Å². The first-order valence-corrected chi connectivity index (χ1v) is 5.82. The summed E-state index contributed by atoms with van der Waals surface area (Å²) in [5.74, 6) is -0.457. The fourth-order valence-electron chi connectivity index (χ4n) is 2.18. The minimum absolute atomic E-state index is 0.0355. The second-order valence-corrected chi connectivity index (χ2v) is 4.79. The molecule has 1 heterocycles. The van der Waals surface area contributed by atoms with Crippen LogP contribution in [0.1, 0.15) is 13.3 Å². The summed E-state index contributed by atoms with van der Waals surface area (Å²) in [7, 11) is 4.01. The molecule has 1 aliphatic heterocycles. The summed E-state index contributed by atoms with van der Waals surface area (Å²) >= 11 is 0. The standard InChI is InChI=1S/C11H21N3O3/c1-8-6-14(7-9(8)13(2)3)11(17)12-5-4-10(15)16/h8-9H,4-7H2,1-3H3,(H,12,17)(H,15,16). The lowest BCUT2D eigenvalue weighted by atomic mass is 10.1. The number of likely N-dealkylation sites (tertiary alicyclic amines) is 1. The molecule has 2 atom stereocenters. The molecule has 0 aromatic rings. The number of carboxylic acid groups (broad SMARTS) is 1. The summed E-state index contributed by atoms with van der Waals surface area (Å²) in [6.45, 7) is 3.73. The highest BCUT2D eigenvalue weighted by molar-refractivity contribution is 5.75. The van der Waals surface area contributed by atoms with E-state index in [-0.39, 0.29) is 19.0 Å². The Morgan fingerprint density at radius 3 is 2.53 bits per heavy atom. The molecule has 1 fully saturated rings. The molecule has 0 aromatic carbocycles. The van der Waals surface area contributed by atoms with Crippen LogP contribution in [0.25, 0.3) is 0 Å². The summed E-state index contributed by atoms with van der Waals surface area (Å²) < 4.78 is 0. The molecular weight excluding hydrogens is 222 g/mol. The van der Waals surface area contributed by atoms with Crippen LogP contribution in [0.3, 0.4) is 0 Å². The smallest absolute Gasteiger partial charge is 0.317 e. The van der Waals surface area contributed by atoms with Gasteiger partial charge in [-0.05, 0) is 20.0 Å². The Balaban J connectivity index is 2.37. The van der Waals surface area contributed by atoms with Crippen molar-refractivity contribution in [2.75, 3.05) is 33.7 Å². The average molecular weight is 243 g/mol. The molecule has 2 amide bonds. The van der Waals surface area contributed by atoms with Crippen molar-refractivity contribution in [3.63, 3.8) is 0 Å². The van der Waals surface area contributed by atoms with E-state index < -0.39 is 5.97 Å². The van der Waals surface area contributed by atoms with Crippen LogP contribution in [-0.2, 0) is 4.79 Å². The fraction of sp³-hybridized carbons (Fsp3) is 0.818. The molecule has 2 unspecified atom stereocenters. The normalized spacial score (nSPS) is 24.1. The number of carbonyl (C=O) groups is 2. The van der Waals surface area contributed by atoms with Gasteiger partial charge in [-0.3, -0.25) is 4.79 Å². The summed E-state index contributed by atoms with van der Waals surface area (Å²) in [6, 6.07) is 0.211. The first kappa shape index (κ1) is 13.8. The van der Waals surface area contributed by atoms with Gasteiger partial charge in [0, 0.05) is 25.7 Å². The van der Waals surface area contributed by atoms with E-state index in [1.54, 1.807) is 4.90 Å². The summed E-state index contributed by atoms with van der Waals surface area (Å²) in [4.78, 5) is 25.9. The molecule has 98 valence electrons. The van der Waals surface area contributed by atoms with Crippen molar-refractivity contribution in [2.24, 2.45) is 5.92 Å². The molecule has 0 spiro atoms. The van der Waals surface area contributed by atoms with Crippen molar-refractivity contribution in [1.29, 1.82) is 0 Å². The SMILES string of the molecule is CC1CN(C(=O)NCCC(=O)O)CC1N(C)C. The second kappa shape index (κ2) is 5.86. The maximum atomic E-state index is 11.7. The number of hydrogen-bond acceptors (Lipinski definition) is 3. The van der Waals surface area contributed by atoms with E-state index in [2.05, 4.69) is 17.1 Å². The van der Waals surface area contributed by atoms with Crippen LogP contribution in [0.2, 0.25) is 0 Å². The average Bonchev–Trinajstić information content (AvgIpc) is 2.59. The molecule has 1 aliphatic rings. The predicted molar refractivity (Wildman–Crippen MR) is 63.9 cm³/mol. The Bertz CT molecular complexity index is 294. The van der Waals surface area contributed by atoms with E-state index >= 15 is 0 Å². The molecule has 0 aliphatic carbocycles. The lowest BCUT2D eigenvalue weighted by Crippen LogP contribution is -2.41. The summed E-state index contributed by atoms with van der Waals surface area (Å²) in [5, 5.41) is 11.1. The maximum Gasteiger partial charge on any atom is 0.317 e. The van der Waals surface area contributed by atoms with Crippen LogP contribution in [0, 0.1) is 5.92 Å². The number of carbonyl (C=O) groups excluding carboxylic acids is 1. The molecular formula is C11H21N3O3. The second-order valence-electron chi connectivity index (χ2n) is 4.79. The van der Waals surface area contributed by atoms with Gasteiger partial charge in [0.15, 0.2) is 0 Å². The van der Waals surface area contributed by atoms with E-state index in [9.17, 15) is 9.59 Å². The number of likely N-dealkylation sites (N-methyl/N-ethyl adjacent to an activating group) is 1. The molecule has 6 nitrogen and oxygen atoms in total. The number of nitrogens with one attached hydrogen (secondary N) is 1. The third kappa shape index (κ3) is 3.89. The molecule has 6 heteroatoms. The van der Waals surface area contributed by atoms with Crippen LogP contribution < -0.4 is 5.32 Å². The van der Waals surface area contributed by atoms with Crippen molar-refractivity contribution in [2.45, 2.75) is 19.4 Å². The minimum atomic E-state index is -0.897. The van der Waals surface area contributed by atoms with Crippen molar-refractivity contribution in [3.05, 3.63) is 0 Å². The van der Waals surface area contributed by atoms with E-state index in [4.69, 9.17) is 5.11 Å². The monoisotopic (exact) mass is 243 g/mol.